The summed E-state index contributed by atoms with van der Waals surface area (Å²) in [6, 6.07) is 7.60. The summed E-state index contributed by atoms with van der Waals surface area (Å²) < 4.78 is 16.9. The van der Waals surface area contributed by atoms with E-state index < -0.39 is 0 Å². The summed E-state index contributed by atoms with van der Waals surface area (Å²) in [5.74, 6) is 2.44. The maximum Gasteiger partial charge on any atom is 0.191 e. The Bertz CT molecular complexity index is 539. The minimum Gasteiger partial charge on any atom is -0.497 e. The summed E-state index contributed by atoms with van der Waals surface area (Å²) in [7, 11) is 1.65. The number of rotatable bonds is 8. The maximum atomic E-state index is 5.91. The molecule has 0 bridgehead atoms. The molecule has 1 heterocycles. The lowest BCUT2D eigenvalue weighted by molar-refractivity contribution is 0.0283. The number of hydrogen-bond acceptors (Lipinski definition) is 4. The van der Waals surface area contributed by atoms with Gasteiger partial charge in [-0.25, -0.2) is 0 Å². The van der Waals surface area contributed by atoms with Crippen LogP contribution in [0.4, 0.5) is 0 Å². The standard InChI is InChI=1S/C19H31N3O3/c1-5-20-18(22-14-19(3)11-6-12-24-19)21-13-15(2)25-17-9-7-16(23-4)8-10-17/h7-10,15H,5-6,11-14H2,1-4H3,(H2,20,21,22). The fourth-order valence-corrected chi connectivity index (χ4v) is 2.72. The zero-order valence-electron chi connectivity index (χ0n) is 15.8. The van der Waals surface area contributed by atoms with E-state index in [2.05, 4.69) is 29.5 Å². The Balaban J connectivity index is 1.82. The minimum atomic E-state index is -0.131. The average Bonchev–Trinajstić information content (AvgIpc) is 3.05. The molecule has 140 valence electrons. The van der Waals surface area contributed by atoms with Crippen LogP contribution in [0.2, 0.25) is 0 Å². The number of guanidine groups is 1. The molecule has 1 aliphatic rings. The Labute approximate surface area is 151 Å². The lowest BCUT2D eigenvalue weighted by Gasteiger charge is -2.22. The topological polar surface area (TPSA) is 64.1 Å². The van der Waals surface area contributed by atoms with Crippen molar-refractivity contribution in [3.05, 3.63) is 24.3 Å². The first-order valence-corrected chi connectivity index (χ1v) is 9.01. The molecule has 0 aromatic heterocycles. The highest BCUT2D eigenvalue weighted by molar-refractivity contribution is 5.79. The van der Waals surface area contributed by atoms with Crippen LogP contribution in [0, 0.1) is 0 Å². The van der Waals surface area contributed by atoms with Crippen LogP contribution in [-0.2, 0) is 4.74 Å². The van der Waals surface area contributed by atoms with Crippen molar-refractivity contribution in [2.24, 2.45) is 4.99 Å². The molecule has 2 unspecified atom stereocenters. The molecule has 0 spiro atoms. The third-order valence-corrected chi connectivity index (χ3v) is 4.17. The number of aliphatic imine (C=N–C) groups is 1. The normalized spacial score (nSPS) is 21.7. The van der Waals surface area contributed by atoms with Gasteiger partial charge in [0, 0.05) is 13.2 Å². The Hall–Kier alpha value is -1.95. The number of ether oxygens (including phenoxy) is 3. The second-order valence-electron chi connectivity index (χ2n) is 6.58. The molecule has 1 aromatic carbocycles. The first-order valence-electron chi connectivity index (χ1n) is 9.01. The summed E-state index contributed by atoms with van der Waals surface area (Å²) in [5, 5.41) is 6.61. The SMILES string of the molecule is CCNC(=NCC1(C)CCCO1)NCC(C)Oc1ccc(OC)cc1. The van der Waals surface area contributed by atoms with Crippen LogP contribution in [0.1, 0.15) is 33.6 Å². The predicted octanol–water partition coefficient (Wildman–Crippen LogP) is 2.59. The van der Waals surface area contributed by atoms with E-state index in [4.69, 9.17) is 14.2 Å². The van der Waals surface area contributed by atoms with Gasteiger partial charge in [0.15, 0.2) is 5.96 Å². The van der Waals surface area contributed by atoms with Crippen molar-refractivity contribution in [1.82, 2.24) is 10.6 Å². The van der Waals surface area contributed by atoms with E-state index in [-0.39, 0.29) is 11.7 Å². The molecule has 25 heavy (non-hydrogen) atoms. The molecule has 6 nitrogen and oxygen atoms in total. The first-order chi connectivity index (χ1) is 12.0. The number of nitrogens with one attached hydrogen (secondary N) is 2. The van der Waals surface area contributed by atoms with Gasteiger partial charge in [-0.15, -0.1) is 0 Å². The van der Waals surface area contributed by atoms with E-state index in [0.29, 0.717) is 13.1 Å². The smallest absolute Gasteiger partial charge is 0.191 e. The van der Waals surface area contributed by atoms with Gasteiger partial charge in [0.05, 0.1) is 25.8 Å². The fraction of sp³-hybridized carbons (Fsp3) is 0.632. The summed E-state index contributed by atoms with van der Waals surface area (Å²) >= 11 is 0. The molecule has 1 aliphatic heterocycles. The number of benzene rings is 1. The highest BCUT2D eigenvalue weighted by Gasteiger charge is 2.29. The molecule has 1 fully saturated rings. The molecular formula is C19H31N3O3. The second-order valence-corrected chi connectivity index (χ2v) is 6.58. The van der Waals surface area contributed by atoms with Gasteiger partial charge in [-0.2, -0.15) is 0 Å². The third-order valence-electron chi connectivity index (χ3n) is 4.17. The molecule has 1 saturated heterocycles. The molecule has 0 radical (unpaired) electrons. The molecular weight excluding hydrogens is 318 g/mol. The van der Waals surface area contributed by atoms with Crippen LogP contribution in [-0.4, -0.2) is 51.0 Å². The second kappa shape index (κ2) is 9.51. The zero-order valence-corrected chi connectivity index (χ0v) is 15.8. The first kappa shape index (κ1) is 19.4. The van der Waals surface area contributed by atoms with Gasteiger partial charge in [0.25, 0.3) is 0 Å². The van der Waals surface area contributed by atoms with Crippen LogP contribution in [0.5, 0.6) is 11.5 Å². The van der Waals surface area contributed by atoms with Crippen molar-refractivity contribution in [1.29, 1.82) is 0 Å². The van der Waals surface area contributed by atoms with Crippen LogP contribution < -0.4 is 20.1 Å². The molecule has 0 amide bonds. The summed E-state index contributed by atoms with van der Waals surface area (Å²) in [5.41, 5.74) is -0.131. The van der Waals surface area contributed by atoms with E-state index in [1.807, 2.05) is 31.2 Å². The lowest BCUT2D eigenvalue weighted by atomic mass is 10.0. The molecule has 6 heteroatoms. The average molecular weight is 349 g/mol. The molecule has 2 rings (SSSR count). The van der Waals surface area contributed by atoms with Crippen LogP contribution >= 0.6 is 0 Å². The summed E-state index contributed by atoms with van der Waals surface area (Å²) in [6.07, 6.45) is 2.19. The zero-order chi connectivity index (χ0) is 18.1. The summed E-state index contributed by atoms with van der Waals surface area (Å²) in [4.78, 5) is 4.67. The monoisotopic (exact) mass is 349 g/mol. The molecule has 0 saturated carbocycles. The van der Waals surface area contributed by atoms with Gasteiger partial charge >= 0.3 is 0 Å². The molecule has 2 N–H and O–H groups in total. The Morgan fingerprint density at radius 3 is 2.60 bits per heavy atom. The summed E-state index contributed by atoms with van der Waals surface area (Å²) in [6.45, 7) is 9.19. The van der Waals surface area contributed by atoms with Gasteiger partial charge in [0.1, 0.15) is 17.6 Å². The van der Waals surface area contributed by atoms with E-state index >= 15 is 0 Å². The van der Waals surface area contributed by atoms with Crippen LogP contribution in [0.3, 0.4) is 0 Å². The fourth-order valence-electron chi connectivity index (χ4n) is 2.72. The Morgan fingerprint density at radius 2 is 2.00 bits per heavy atom. The molecule has 1 aromatic rings. The van der Waals surface area contributed by atoms with E-state index in [9.17, 15) is 0 Å². The number of hydrogen-bond donors (Lipinski definition) is 2. The maximum absolute atomic E-state index is 5.91. The Morgan fingerprint density at radius 1 is 1.28 bits per heavy atom. The van der Waals surface area contributed by atoms with Crippen molar-refractivity contribution >= 4 is 5.96 Å². The van der Waals surface area contributed by atoms with Crippen LogP contribution in [0.15, 0.2) is 29.3 Å². The van der Waals surface area contributed by atoms with Gasteiger partial charge in [-0.3, -0.25) is 4.99 Å². The molecule has 0 aliphatic carbocycles. The van der Waals surface area contributed by atoms with Crippen molar-refractivity contribution < 1.29 is 14.2 Å². The van der Waals surface area contributed by atoms with E-state index in [1.165, 1.54) is 0 Å². The van der Waals surface area contributed by atoms with Crippen molar-refractivity contribution in [2.45, 2.75) is 45.3 Å². The van der Waals surface area contributed by atoms with Gasteiger partial charge < -0.3 is 24.8 Å². The number of methoxy groups -OCH3 is 1. The Kier molecular flexibility index (Phi) is 7.37. The quantitative estimate of drug-likeness (QED) is 0.558. The third kappa shape index (κ3) is 6.46. The van der Waals surface area contributed by atoms with E-state index in [0.717, 1.165) is 43.5 Å². The minimum absolute atomic E-state index is 0.00979. The van der Waals surface area contributed by atoms with Gasteiger partial charge in [0.2, 0.25) is 0 Å². The van der Waals surface area contributed by atoms with Crippen molar-refractivity contribution in [3.8, 4) is 11.5 Å². The van der Waals surface area contributed by atoms with E-state index in [1.54, 1.807) is 7.11 Å². The lowest BCUT2D eigenvalue weighted by Crippen LogP contribution is -2.43. The van der Waals surface area contributed by atoms with Crippen LogP contribution in [0.25, 0.3) is 0 Å². The van der Waals surface area contributed by atoms with Gasteiger partial charge in [-0.05, 0) is 57.9 Å². The van der Waals surface area contributed by atoms with Crippen molar-refractivity contribution in [2.75, 3.05) is 33.4 Å². The largest absolute Gasteiger partial charge is 0.497 e. The highest BCUT2D eigenvalue weighted by Crippen LogP contribution is 2.25. The predicted molar refractivity (Wildman–Crippen MR) is 101 cm³/mol. The number of nitrogens with zero attached hydrogens (tertiary/aromatic N) is 1. The highest BCUT2D eigenvalue weighted by atomic mass is 16.5. The van der Waals surface area contributed by atoms with Gasteiger partial charge in [-0.1, -0.05) is 0 Å². The van der Waals surface area contributed by atoms with Crippen molar-refractivity contribution in [3.63, 3.8) is 0 Å². The molecule has 2 atom stereocenters.